The van der Waals surface area contributed by atoms with E-state index in [4.69, 9.17) is 4.74 Å². The first-order valence-corrected chi connectivity index (χ1v) is 6.74. The molecule has 2 fully saturated rings. The van der Waals surface area contributed by atoms with E-state index in [2.05, 4.69) is 31.0 Å². The lowest BCUT2D eigenvalue weighted by molar-refractivity contribution is 0.0510. The van der Waals surface area contributed by atoms with Gasteiger partial charge in [0.1, 0.15) is 0 Å². The van der Waals surface area contributed by atoms with Crippen LogP contribution in [0.5, 0.6) is 0 Å². The molecule has 3 nitrogen and oxygen atoms in total. The van der Waals surface area contributed by atoms with Crippen LogP contribution in [-0.2, 0) is 4.74 Å². The van der Waals surface area contributed by atoms with Crippen molar-refractivity contribution in [1.82, 2.24) is 10.2 Å². The molecule has 0 bridgehead atoms. The molecule has 94 valence electrons. The molecule has 0 saturated carbocycles. The van der Waals surface area contributed by atoms with E-state index in [1.165, 1.54) is 13.0 Å². The highest BCUT2D eigenvalue weighted by atomic mass is 16.5. The average molecular weight is 226 g/mol. The molecule has 2 aliphatic heterocycles. The van der Waals surface area contributed by atoms with Crippen molar-refractivity contribution in [2.75, 3.05) is 32.8 Å². The van der Waals surface area contributed by atoms with Gasteiger partial charge in [-0.25, -0.2) is 0 Å². The largest absolute Gasteiger partial charge is 0.381 e. The van der Waals surface area contributed by atoms with Crippen LogP contribution in [0.3, 0.4) is 0 Å². The zero-order valence-electron chi connectivity index (χ0n) is 10.9. The van der Waals surface area contributed by atoms with E-state index in [-0.39, 0.29) is 0 Å². The van der Waals surface area contributed by atoms with Crippen LogP contribution < -0.4 is 5.32 Å². The van der Waals surface area contributed by atoms with Crippen molar-refractivity contribution in [2.24, 2.45) is 11.8 Å². The molecule has 1 N–H and O–H groups in total. The van der Waals surface area contributed by atoms with Gasteiger partial charge in [-0.15, -0.1) is 0 Å². The molecule has 0 aromatic carbocycles. The molecule has 2 rings (SSSR count). The first-order chi connectivity index (χ1) is 7.70. The second-order valence-electron chi connectivity index (χ2n) is 5.62. The number of nitrogens with one attached hydrogen (secondary N) is 1. The minimum absolute atomic E-state index is 0.678. The Bertz CT molecular complexity index is 214. The van der Waals surface area contributed by atoms with Gasteiger partial charge in [0, 0.05) is 38.3 Å². The maximum atomic E-state index is 5.52. The average Bonchev–Trinajstić information content (AvgIpc) is 2.81. The number of hydrogen-bond donors (Lipinski definition) is 1. The Balaban J connectivity index is 1.98. The smallest absolute Gasteiger partial charge is 0.0509 e. The molecule has 0 aromatic rings. The van der Waals surface area contributed by atoms with Crippen molar-refractivity contribution in [2.45, 2.75) is 39.3 Å². The minimum atomic E-state index is 0.678. The van der Waals surface area contributed by atoms with Crippen LogP contribution in [0.2, 0.25) is 0 Å². The standard InChI is InChI=1S/C13H26N2O/c1-10(2)13-8-14-5-6-15(13)11(3)12-4-7-16-9-12/h10-14H,4-9H2,1-3H3. The van der Waals surface area contributed by atoms with E-state index in [0.717, 1.165) is 38.1 Å². The summed E-state index contributed by atoms with van der Waals surface area (Å²) in [6, 6.07) is 1.38. The van der Waals surface area contributed by atoms with Gasteiger partial charge in [-0.05, 0) is 25.2 Å². The second-order valence-corrected chi connectivity index (χ2v) is 5.62. The van der Waals surface area contributed by atoms with Crippen LogP contribution in [0.25, 0.3) is 0 Å². The molecular weight excluding hydrogens is 200 g/mol. The monoisotopic (exact) mass is 226 g/mol. The van der Waals surface area contributed by atoms with E-state index in [0.29, 0.717) is 12.1 Å². The molecule has 2 saturated heterocycles. The summed E-state index contributed by atoms with van der Waals surface area (Å²) in [6.45, 7) is 12.5. The normalized spacial score (nSPS) is 34.5. The molecule has 16 heavy (non-hydrogen) atoms. The molecule has 2 heterocycles. The lowest BCUT2D eigenvalue weighted by Crippen LogP contribution is -2.58. The van der Waals surface area contributed by atoms with Gasteiger partial charge in [0.25, 0.3) is 0 Å². The van der Waals surface area contributed by atoms with Crippen LogP contribution in [0, 0.1) is 11.8 Å². The quantitative estimate of drug-likeness (QED) is 0.786. The molecule has 0 radical (unpaired) electrons. The first-order valence-electron chi connectivity index (χ1n) is 6.74. The lowest BCUT2D eigenvalue weighted by Gasteiger charge is -2.44. The Hall–Kier alpha value is -0.120. The van der Waals surface area contributed by atoms with Crippen LogP contribution in [0.4, 0.5) is 0 Å². The maximum Gasteiger partial charge on any atom is 0.0509 e. The van der Waals surface area contributed by atoms with Crippen LogP contribution in [0.15, 0.2) is 0 Å². The van der Waals surface area contributed by atoms with Gasteiger partial charge in [-0.3, -0.25) is 4.90 Å². The van der Waals surface area contributed by atoms with E-state index in [1.54, 1.807) is 0 Å². The van der Waals surface area contributed by atoms with Gasteiger partial charge >= 0.3 is 0 Å². The van der Waals surface area contributed by atoms with Gasteiger partial charge < -0.3 is 10.1 Å². The minimum Gasteiger partial charge on any atom is -0.381 e. The highest BCUT2D eigenvalue weighted by Gasteiger charge is 2.33. The van der Waals surface area contributed by atoms with Crippen molar-refractivity contribution in [1.29, 1.82) is 0 Å². The molecule has 3 heteroatoms. The summed E-state index contributed by atoms with van der Waals surface area (Å²) in [4.78, 5) is 2.71. The second kappa shape index (κ2) is 5.48. The van der Waals surface area contributed by atoms with E-state index < -0.39 is 0 Å². The van der Waals surface area contributed by atoms with E-state index >= 15 is 0 Å². The Morgan fingerprint density at radius 1 is 1.31 bits per heavy atom. The third-order valence-corrected chi connectivity index (χ3v) is 4.27. The highest BCUT2D eigenvalue weighted by molar-refractivity contribution is 4.88. The fraction of sp³-hybridized carbons (Fsp3) is 1.00. The topological polar surface area (TPSA) is 24.5 Å². The summed E-state index contributed by atoms with van der Waals surface area (Å²) in [5, 5.41) is 3.52. The molecule has 3 unspecified atom stereocenters. The lowest BCUT2D eigenvalue weighted by atomic mass is 9.93. The summed E-state index contributed by atoms with van der Waals surface area (Å²) in [6.07, 6.45) is 1.25. The SMILES string of the molecule is CC(C)C1CNCCN1C(C)C1CCOC1. The first kappa shape index (κ1) is 12.3. The Labute approximate surface area is 99.5 Å². The van der Waals surface area contributed by atoms with Crippen molar-refractivity contribution >= 4 is 0 Å². The van der Waals surface area contributed by atoms with Crippen molar-refractivity contribution in [3.05, 3.63) is 0 Å². The third kappa shape index (κ3) is 2.58. The molecular formula is C13H26N2O. The Kier molecular flexibility index (Phi) is 4.22. The highest BCUT2D eigenvalue weighted by Crippen LogP contribution is 2.25. The summed E-state index contributed by atoms with van der Waals surface area (Å²) in [5.74, 6) is 1.48. The number of piperazine rings is 1. The van der Waals surface area contributed by atoms with Gasteiger partial charge in [-0.1, -0.05) is 13.8 Å². The molecule has 0 amide bonds. The van der Waals surface area contributed by atoms with E-state index in [9.17, 15) is 0 Å². The van der Waals surface area contributed by atoms with Gasteiger partial charge in [-0.2, -0.15) is 0 Å². The Morgan fingerprint density at radius 2 is 2.12 bits per heavy atom. The molecule has 0 aliphatic carbocycles. The zero-order chi connectivity index (χ0) is 11.5. The number of rotatable bonds is 3. The predicted molar refractivity (Wildman–Crippen MR) is 66.6 cm³/mol. The summed E-state index contributed by atoms with van der Waals surface area (Å²) in [7, 11) is 0. The van der Waals surface area contributed by atoms with Crippen LogP contribution in [0.1, 0.15) is 27.2 Å². The molecule has 2 aliphatic rings. The molecule has 3 atom stereocenters. The zero-order valence-corrected chi connectivity index (χ0v) is 10.9. The van der Waals surface area contributed by atoms with Gasteiger partial charge in [0.2, 0.25) is 0 Å². The number of nitrogens with zero attached hydrogens (tertiary/aromatic N) is 1. The summed E-state index contributed by atoms with van der Waals surface area (Å²) >= 11 is 0. The number of ether oxygens (including phenoxy) is 1. The van der Waals surface area contributed by atoms with Crippen molar-refractivity contribution < 1.29 is 4.74 Å². The fourth-order valence-corrected chi connectivity index (χ4v) is 3.07. The van der Waals surface area contributed by atoms with Crippen LogP contribution >= 0.6 is 0 Å². The van der Waals surface area contributed by atoms with Gasteiger partial charge in [0.15, 0.2) is 0 Å². The molecule has 0 spiro atoms. The van der Waals surface area contributed by atoms with E-state index in [1.807, 2.05) is 0 Å². The summed E-state index contributed by atoms with van der Waals surface area (Å²) < 4.78 is 5.52. The predicted octanol–water partition coefficient (Wildman–Crippen LogP) is 1.34. The number of hydrogen-bond acceptors (Lipinski definition) is 3. The third-order valence-electron chi connectivity index (χ3n) is 4.27. The maximum absolute atomic E-state index is 5.52. The Morgan fingerprint density at radius 3 is 2.75 bits per heavy atom. The van der Waals surface area contributed by atoms with Gasteiger partial charge in [0.05, 0.1) is 6.61 Å². The van der Waals surface area contributed by atoms with Crippen molar-refractivity contribution in [3.8, 4) is 0 Å². The fourth-order valence-electron chi connectivity index (χ4n) is 3.07. The van der Waals surface area contributed by atoms with Crippen LogP contribution in [-0.4, -0.2) is 49.8 Å². The van der Waals surface area contributed by atoms with Crippen molar-refractivity contribution in [3.63, 3.8) is 0 Å². The summed E-state index contributed by atoms with van der Waals surface area (Å²) in [5.41, 5.74) is 0. The molecule has 0 aromatic heterocycles.